The van der Waals surface area contributed by atoms with Gasteiger partial charge < -0.3 is 0 Å². The molecular formula is C11H18. The average Bonchev–Trinajstić information content (AvgIpc) is 2.02. The second kappa shape index (κ2) is 11.7. The van der Waals surface area contributed by atoms with Gasteiger partial charge in [0.25, 0.3) is 0 Å². The molecule has 0 aliphatic rings. The van der Waals surface area contributed by atoms with E-state index in [1.165, 1.54) is 0 Å². The molecule has 0 aliphatic heterocycles. The third-order valence-electron chi connectivity index (χ3n) is 0.844. The van der Waals surface area contributed by atoms with Crippen LogP contribution in [0.15, 0.2) is 49.1 Å². The summed E-state index contributed by atoms with van der Waals surface area (Å²) in [6.07, 6.45) is 9.72. The van der Waals surface area contributed by atoms with Gasteiger partial charge >= 0.3 is 0 Å². The Hall–Kier alpha value is -1.04. The quantitative estimate of drug-likeness (QED) is 0.524. The van der Waals surface area contributed by atoms with E-state index >= 15 is 0 Å². The van der Waals surface area contributed by atoms with Crippen LogP contribution in [0.1, 0.15) is 20.8 Å². The van der Waals surface area contributed by atoms with E-state index < -0.39 is 0 Å². The summed E-state index contributed by atoms with van der Waals surface area (Å²) in [4.78, 5) is 0. The molecule has 0 N–H and O–H groups in total. The Morgan fingerprint density at radius 1 is 1.09 bits per heavy atom. The Bertz CT molecular complexity index is 137. The van der Waals surface area contributed by atoms with Gasteiger partial charge in [-0.3, -0.25) is 0 Å². The summed E-state index contributed by atoms with van der Waals surface area (Å²) in [7, 11) is 0. The predicted molar refractivity (Wildman–Crippen MR) is 54.6 cm³/mol. The molecular weight excluding hydrogens is 132 g/mol. The highest BCUT2D eigenvalue weighted by Crippen LogP contribution is 1.81. The molecule has 0 heterocycles. The number of hydrogen-bond acceptors (Lipinski definition) is 0. The molecule has 0 aliphatic carbocycles. The van der Waals surface area contributed by atoms with Crippen LogP contribution in [0.4, 0.5) is 0 Å². The lowest BCUT2D eigenvalue weighted by molar-refractivity contribution is 1.58. The smallest absolute Gasteiger partial charge is 0.0404 e. The van der Waals surface area contributed by atoms with Crippen LogP contribution >= 0.6 is 0 Å². The van der Waals surface area contributed by atoms with Gasteiger partial charge in [-0.15, -0.1) is 0 Å². The summed E-state index contributed by atoms with van der Waals surface area (Å²) in [6.45, 7) is 12.9. The van der Waals surface area contributed by atoms with Crippen molar-refractivity contribution in [2.75, 3.05) is 0 Å². The van der Waals surface area contributed by atoms with E-state index in [1.54, 1.807) is 6.08 Å². The maximum Gasteiger partial charge on any atom is -0.0404 e. The van der Waals surface area contributed by atoms with Crippen LogP contribution in [0, 0.1) is 0 Å². The second-order valence-electron chi connectivity index (χ2n) is 2.10. The molecule has 0 spiro atoms. The van der Waals surface area contributed by atoms with Crippen LogP contribution in [0.2, 0.25) is 0 Å². The summed E-state index contributed by atoms with van der Waals surface area (Å²) < 4.78 is 0. The summed E-state index contributed by atoms with van der Waals surface area (Å²) in [5.74, 6) is 0. The van der Waals surface area contributed by atoms with Crippen molar-refractivity contribution < 1.29 is 0 Å². The van der Waals surface area contributed by atoms with Crippen molar-refractivity contribution in [1.29, 1.82) is 0 Å². The van der Waals surface area contributed by atoms with Gasteiger partial charge in [0.2, 0.25) is 0 Å². The fraction of sp³-hybridized carbons (Fsp3) is 0.273. The fourth-order valence-corrected chi connectivity index (χ4v) is 0.222. The molecule has 11 heavy (non-hydrogen) atoms. The van der Waals surface area contributed by atoms with E-state index in [4.69, 9.17) is 0 Å². The van der Waals surface area contributed by atoms with Gasteiger partial charge in [-0.05, 0) is 20.8 Å². The minimum absolute atomic E-state index is 1.02. The number of rotatable bonds is 2. The minimum Gasteiger partial charge on any atom is -0.0988 e. The number of hydrogen-bond donors (Lipinski definition) is 0. The van der Waals surface area contributed by atoms with Gasteiger partial charge in [-0.1, -0.05) is 49.1 Å². The van der Waals surface area contributed by atoms with E-state index in [0.29, 0.717) is 0 Å². The SMILES string of the molecule is C=CC(=C)C.CC=CC=CC. The van der Waals surface area contributed by atoms with Crippen LogP contribution in [0.5, 0.6) is 0 Å². The lowest BCUT2D eigenvalue weighted by Crippen LogP contribution is -1.50. The molecule has 0 radical (unpaired) electrons. The van der Waals surface area contributed by atoms with E-state index in [1.807, 2.05) is 45.1 Å². The standard InChI is InChI=1S/C6H10.C5H8/c1-3-5-6-4-2;1-4-5(2)3/h3-6H,1-2H3;4H,1-2H2,3H3. The zero-order valence-electron chi connectivity index (χ0n) is 7.80. The Morgan fingerprint density at radius 3 is 1.45 bits per heavy atom. The Kier molecular flexibility index (Phi) is 13.4. The molecule has 0 atom stereocenters. The molecule has 62 valence electrons. The molecule has 0 unspecified atom stereocenters. The first-order valence-corrected chi connectivity index (χ1v) is 3.71. The maximum absolute atomic E-state index is 3.56. The third kappa shape index (κ3) is 27.7. The van der Waals surface area contributed by atoms with Gasteiger partial charge in [0.15, 0.2) is 0 Å². The van der Waals surface area contributed by atoms with E-state index in [0.717, 1.165) is 5.57 Å². The topological polar surface area (TPSA) is 0 Å². The van der Waals surface area contributed by atoms with Crippen molar-refractivity contribution >= 4 is 0 Å². The highest BCUT2D eigenvalue weighted by Gasteiger charge is 1.59. The van der Waals surface area contributed by atoms with Gasteiger partial charge in [0.1, 0.15) is 0 Å². The minimum atomic E-state index is 1.02. The van der Waals surface area contributed by atoms with Crippen molar-refractivity contribution in [3.05, 3.63) is 49.1 Å². The van der Waals surface area contributed by atoms with Gasteiger partial charge in [-0.25, -0.2) is 0 Å². The first-order valence-electron chi connectivity index (χ1n) is 3.71. The molecule has 0 amide bonds. The molecule has 0 aromatic rings. The van der Waals surface area contributed by atoms with Gasteiger partial charge in [0, 0.05) is 0 Å². The van der Waals surface area contributed by atoms with Gasteiger partial charge in [0.05, 0.1) is 0 Å². The Morgan fingerprint density at radius 2 is 1.36 bits per heavy atom. The zero-order valence-corrected chi connectivity index (χ0v) is 7.80. The molecule has 0 saturated heterocycles. The summed E-state index contributed by atoms with van der Waals surface area (Å²) in [6, 6.07) is 0. The fourth-order valence-electron chi connectivity index (χ4n) is 0.222. The van der Waals surface area contributed by atoms with E-state index in [2.05, 4.69) is 13.2 Å². The first kappa shape index (κ1) is 12.6. The maximum atomic E-state index is 3.56. The van der Waals surface area contributed by atoms with Gasteiger partial charge in [-0.2, -0.15) is 0 Å². The van der Waals surface area contributed by atoms with Crippen LogP contribution < -0.4 is 0 Å². The normalized spacial score (nSPS) is 9.36. The lowest BCUT2D eigenvalue weighted by atomic mass is 10.4. The Labute approximate surface area is 70.6 Å². The van der Waals surface area contributed by atoms with Crippen molar-refractivity contribution in [3.63, 3.8) is 0 Å². The van der Waals surface area contributed by atoms with Crippen LogP contribution in [0.3, 0.4) is 0 Å². The molecule has 0 aromatic carbocycles. The number of allylic oxidation sites excluding steroid dienone is 6. The van der Waals surface area contributed by atoms with Crippen molar-refractivity contribution in [2.45, 2.75) is 20.8 Å². The van der Waals surface area contributed by atoms with Crippen molar-refractivity contribution in [3.8, 4) is 0 Å². The highest BCUT2D eigenvalue weighted by atomic mass is 13.7. The molecule has 0 aromatic heterocycles. The summed E-state index contributed by atoms with van der Waals surface area (Å²) in [5, 5.41) is 0. The lowest BCUT2D eigenvalue weighted by Gasteiger charge is -1.71. The zero-order chi connectivity index (χ0) is 9.11. The molecule has 0 nitrogen and oxygen atoms in total. The van der Waals surface area contributed by atoms with Crippen LogP contribution in [-0.4, -0.2) is 0 Å². The average molecular weight is 150 g/mol. The highest BCUT2D eigenvalue weighted by molar-refractivity contribution is 5.05. The van der Waals surface area contributed by atoms with E-state index in [9.17, 15) is 0 Å². The molecule has 0 fully saturated rings. The molecule has 0 saturated carbocycles. The van der Waals surface area contributed by atoms with Crippen LogP contribution in [-0.2, 0) is 0 Å². The summed E-state index contributed by atoms with van der Waals surface area (Å²) in [5.41, 5.74) is 1.02. The third-order valence-corrected chi connectivity index (χ3v) is 0.844. The van der Waals surface area contributed by atoms with Crippen molar-refractivity contribution in [1.82, 2.24) is 0 Å². The molecule has 0 heteroatoms. The Balaban J connectivity index is 0. The van der Waals surface area contributed by atoms with E-state index in [-0.39, 0.29) is 0 Å². The first-order chi connectivity index (χ1) is 5.18. The second-order valence-corrected chi connectivity index (χ2v) is 2.10. The monoisotopic (exact) mass is 150 g/mol. The molecule has 0 rings (SSSR count). The largest absolute Gasteiger partial charge is 0.0988 e. The van der Waals surface area contributed by atoms with Crippen LogP contribution in [0.25, 0.3) is 0 Å². The molecule has 0 bridgehead atoms. The predicted octanol–water partition coefficient (Wildman–Crippen LogP) is 3.89. The summed E-state index contributed by atoms with van der Waals surface area (Å²) >= 11 is 0. The van der Waals surface area contributed by atoms with Crippen molar-refractivity contribution in [2.24, 2.45) is 0 Å².